The minimum absolute atomic E-state index is 0.00846. The molecule has 21 heavy (non-hydrogen) atoms. The molecule has 7 heteroatoms. The van der Waals surface area contributed by atoms with Crippen molar-refractivity contribution in [2.24, 2.45) is 5.73 Å². The van der Waals surface area contributed by atoms with Crippen LogP contribution in [0.1, 0.15) is 5.56 Å². The molecule has 0 aliphatic rings. The Kier molecular flexibility index (Phi) is 4.77. The summed E-state index contributed by atoms with van der Waals surface area (Å²) in [6.45, 7) is 2.01. The molecule has 108 valence electrons. The molecule has 0 saturated carbocycles. The summed E-state index contributed by atoms with van der Waals surface area (Å²) in [5, 5.41) is 13.8. The summed E-state index contributed by atoms with van der Waals surface area (Å²) < 4.78 is 0. The van der Waals surface area contributed by atoms with Gasteiger partial charge in [0, 0.05) is 27.6 Å². The van der Waals surface area contributed by atoms with Gasteiger partial charge in [0.05, 0.1) is 4.92 Å². The molecule has 0 unspecified atom stereocenters. The second-order valence-corrected chi connectivity index (χ2v) is 5.96. The average molecular weight is 319 g/mol. The highest BCUT2D eigenvalue weighted by molar-refractivity contribution is 7.99. The Hall–Kier alpha value is -2.12. The molecule has 5 nitrogen and oxygen atoms in total. The molecule has 0 aromatic heterocycles. The number of benzene rings is 2. The van der Waals surface area contributed by atoms with Crippen LogP contribution in [0.25, 0.3) is 0 Å². The lowest BCUT2D eigenvalue weighted by molar-refractivity contribution is -0.385. The maximum absolute atomic E-state index is 11.0. The molecular weight excluding hydrogens is 306 g/mol. The molecule has 2 aromatic rings. The first-order chi connectivity index (χ1) is 9.94. The van der Waals surface area contributed by atoms with Crippen LogP contribution in [0.4, 0.5) is 11.4 Å². The normalized spacial score (nSPS) is 10.1. The average Bonchev–Trinajstić information content (AvgIpc) is 2.40. The Labute approximate surface area is 131 Å². The fourth-order valence-corrected chi connectivity index (χ4v) is 2.73. The van der Waals surface area contributed by atoms with Crippen LogP contribution in [0, 0.1) is 17.0 Å². The highest BCUT2D eigenvalue weighted by atomic mass is 32.2. The molecule has 0 radical (unpaired) electrons. The topological polar surface area (TPSA) is 81.2 Å². The van der Waals surface area contributed by atoms with Crippen molar-refractivity contribution in [1.29, 1.82) is 0 Å². The largest absolute Gasteiger partial charge is 0.376 e. The maximum Gasteiger partial charge on any atom is 0.272 e. The Morgan fingerprint density at radius 3 is 2.48 bits per heavy atom. The molecule has 0 heterocycles. The molecule has 2 rings (SSSR count). The number of anilines is 1. The summed E-state index contributed by atoms with van der Waals surface area (Å²) in [5.41, 5.74) is 7.07. The van der Waals surface area contributed by atoms with E-state index >= 15 is 0 Å². The number of hydrogen-bond donors (Lipinski definition) is 2. The third-order valence-electron chi connectivity index (χ3n) is 2.63. The number of nitrogens with one attached hydrogen (secondary N) is 1. The number of non-ortho nitro benzene ring substituents is 1. The van der Waals surface area contributed by atoms with Crippen molar-refractivity contribution < 1.29 is 4.92 Å². The first-order valence-corrected chi connectivity index (χ1v) is 7.27. The zero-order chi connectivity index (χ0) is 15.4. The molecule has 0 saturated heterocycles. The van der Waals surface area contributed by atoms with E-state index in [9.17, 15) is 10.1 Å². The predicted octanol–water partition coefficient (Wildman–Crippen LogP) is 3.71. The fourth-order valence-electron chi connectivity index (χ4n) is 1.70. The van der Waals surface area contributed by atoms with Gasteiger partial charge in [0.2, 0.25) is 0 Å². The lowest BCUT2D eigenvalue weighted by Gasteiger charge is -2.07. The van der Waals surface area contributed by atoms with Crippen LogP contribution in [-0.4, -0.2) is 10.0 Å². The van der Waals surface area contributed by atoms with Gasteiger partial charge in [0.15, 0.2) is 5.11 Å². The van der Waals surface area contributed by atoms with Crippen LogP contribution in [0.15, 0.2) is 52.3 Å². The molecular formula is C14H13N3O2S2. The smallest absolute Gasteiger partial charge is 0.272 e. The molecule has 0 spiro atoms. The Bertz CT molecular complexity index is 687. The maximum atomic E-state index is 11.0. The molecule has 0 aliphatic carbocycles. The van der Waals surface area contributed by atoms with E-state index in [0.29, 0.717) is 5.69 Å². The third-order valence-corrected chi connectivity index (χ3v) is 3.71. The van der Waals surface area contributed by atoms with Gasteiger partial charge in [-0.25, -0.2) is 0 Å². The summed E-state index contributed by atoms with van der Waals surface area (Å²) in [5.74, 6) is 0. The van der Waals surface area contributed by atoms with E-state index in [2.05, 4.69) is 5.32 Å². The second-order valence-electron chi connectivity index (χ2n) is 4.38. The number of nitrogens with two attached hydrogens (primary N) is 1. The quantitative estimate of drug-likeness (QED) is 0.508. The van der Waals surface area contributed by atoms with Gasteiger partial charge in [-0.3, -0.25) is 10.1 Å². The van der Waals surface area contributed by atoms with Crippen LogP contribution < -0.4 is 11.1 Å². The Morgan fingerprint density at radius 1 is 1.24 bits per heavy atom. The van der Waals surface area contributed by atoms with Gasteiger partial charge in [0.25, 0.3) is 5.69 Å². The van der Waals surface area contributed by atoms with Gasteiger partial charge in [0.1, 0.15) is 0 Å². The monoisotopic (exact) mass is 319 g/mol. The number of nitrogens with zero attached hydrogens (tertiary/aromatic N) is 1. The van der Waals surface area contributed by atoms with Crippen molar-refractivity contribution in [1.82, 2.24) is 0 Å². The Balaban J connectivity index is 2.32. The minimum atomic E-state index is -0.441. The van der Waals surface area contributed by atoms with E-state index in [1.54, 1.807) is 6.07 Å². The predicted molar refractivity (Wildman–Crippen MR) is 88.8 cm³/mol. The van der Waals surface area contributed by atoms with Crippen molar-refractivity contribution in [2.75, 3.05) is 5.32 Å². The highest BCUT2D eigenvalue weighted by Crippen LogP contribution is 2.33. The van der Waals surface area contributed by atoms with E-state index in [1.165, 1.54) is 23.9 Å². The van der Waals surface area contributed by atoms with Crippen molar-refractivity contribution >= 4 is 40.5 Å². The Morgan fingerprint density at radius 2 is 1.90 bits per heavy atom. The van der Waals surface area contributed by atoms with E-state index in [0.717, 1.165) is 15.4 Å². The number of rotatable bonds is 4. The number of nitro benzene ring substituents is 1. The van der Waals surface area contributed by atoms with Gasteiger partial charge >= 0.3 is 0 Å². The molecule has 0 fully saturated rings. The summed E-state index contributed by atoms with van der Waals surface area (Å²) in [7, 11) is 0. The van der Waals surface area contributed by atoms with Crippen LogP contribution in [-0.2, 0) is 0 Å². The molecule has 0 aliphatic heterocycles. The van der Waals surface area contributed by atoms with Crippen molar-refractivity contribution in [3.8, 4) is 0 Å². The zero-order valence-corrected chi connectivity index (χ0v) is 12.8. The molecule has 0 amide bonds. The molecule has 2 aromatic carbocycles. The van der Waals surface area contributed by atoms with E-state index in [1.807, 2.05) is 31.2 Å². The van der Waals surface area contributed by atoms with E-state index < -0.39 is 4.92 Å². The van der Waals surface area contributed by atoms with Gasteiger partial charge in [-0.2, -0.15) is 0 Å². The fraction of sp³-hybridized carbons (Fsp3) is 0.0714. The standard InChI is InChI=1S/C14H13N3O2S2/c1-9-2-4-12(5-3-9)21-13-7-10(16-14(15)20)6-11(8-13)17(18)19/h2-8H,1H3,(H3,15,16,20). The summed E-state index contributed by atoms with van der Waals surface area (Å²) >= 11 is 6.20. The first kappa shape index (κ1) is 15.3. The second kappa shape index (κ2) is 6.55. The minimum Gasteiger partial charge on any atom is -0.376 e. The SMILES string of the molecule is Cc1ccc(Sc2cc(NC(N)=S)cc([N+](=O)[O-])c2)cc1. The number of aryl methyl sites for hydroxylation is 1. The van der Waals surface area contributed by atoms with Crippen molar-refractivity contribution in [3.63, 3.8) is 0 Å². The van der Waals surface area contributed by atoms with Crippen LogP contribution in [0.2, 0.25) is 0 Å². The molecule has 0 atom stereocenters. The number of hydrogen-bond acceptors (Lipinski definition) is 4. The lowest BCUT2D eigenvalue weighted by Crippen LogP contribution is -2.18. The van der Waals surface area contributed by atoms with Gasteiger partial charge < -0.3 is 11.1 Å². The summed E-state index contributed by atoms with van der Waals surface area (Å²) in [4.78, 5) is 12.3. The number of thiocarbonyl (C=S) groups is 1. The van der Waals surface area contributed by atoms with Crippen molar-refractivity contribution in [2.45, 2.75) is 16.7 Å². The van der Waals surface area contributed by atoms with Gasteiger partial charge in [-0.1, -0.05) is 29.5 Å². The van der Waals surface area contributed by atoms with Crippen LogP contribution >= 0.6 is 24.0 Å². The number of nitro groups is 1. The highest BCUT2D eigenvalue weighted by Gasteiger charge is 2.11. The lowest BCUT2D eigenvalue weighted by atomic mass is 10.2. The first-order valence-electron chi connectivity index (χ1n) is 6.04. The van der Waals surface area contributed by atoms with Gasteiger partial charge in [-0.15, -0.1) is 0 Å². The van der Waals surface area contributed by atoms with Crippen LogP contribution in [0.3, 0.4) is 0 Å². The molecule has 0 bridgehead atoms. The molecule has 3 N–H and O–H groups in total. The van der Waals surface area contributed by atoms with Gasteiger partial charge in [-0.05, 0) is 37.3 Å². The summed E-state index contributed by atoms with van der Waals surface area (Å²) in [6.07, 6.45) is 0. The van der Waals surface area contributed by atoms with Crippen LogP contribution in [0.5, 0.6) is 0 Å². The van der Waals surface area contributed by atoms with E-state index in [4.69, 9.17) is 18.0 Å². The zero-order valence-electron chi connectivity index (χ0n) is 11.2. The summed E-state index contributed by atoms with van der Waals surface area (Å²) in [6, 6.07) is 12.6. The van der Waals surface area contributed by atoms with E-state index in [-0.39, 0.29) is 10.8 Å². The van der Waals surface area contributed by atoms with Crippen molar-refractivity contribution in [3.05, 3.63) is 58.1 Å². The third kappa shape index (κ3) is 4.44.